The molecule has 0 atom stereocenters. The number of methoxy groups -OCH3 is 1. The van der Waals surface area contributed by atoms with E-state index in [1.54, 1.807) is 25.4 Å². The van der Waals surface area contributed by atoms with Crippen molar-refractivity contribution < 1.29 is 24.5 Å². The number of carbonyl (C=O) groups is 2. The van der Waals surface area contributed by atoms with E-state index in [2.05, 4.69) is 25.3 Å². The van der Waals surface area contributed by atoms with Crippen molar-refractivity contribution in [2.45, 2.75) is 20.4 Å². The fraction of sp³-hybridized carbons (Fsp3) is 0.370. The number of hydrogen-bond donors (Lipinski definition) is 5. The van der Waals surface area contributed by atoms with Gasteiger partial charge in [-0.25, -0.2) is 4.98 Å². The number of anilines is 2. The molecule has 4 rings (SSSR count). The van der Waals surface area contributed by atoms with Crippen LogP contribution in [0.3, 0.4) is 0 Å². The van der Waals surface area contributed by atoms with Crippen molar-refractivity contribution in [3.8, 4) is 5.75 Å². The Balaban J connectivity index is 1.58. The number of nitrogen functional groups attached to an aromatic ring is 1. The van der Waals surface area contributed by atoms with E-state index in [9.17, 15) is 9.59 Å². The number of aromatic nitrogens is 4. The lowest BCUT2D eigenvalue weighted by Crippen LogP contribution is -2.37. The predicted molar refractivity (Wildman–Crippen MR) is 155 cm³/mol. The van der Waals surface area contributed by atoms with Gasteiger partial charge in [0, 0.05) is 55.4 Å². The Morgan fingerprint density at radius 1 is 1.24 bits per heavy atom. The van der Waals surface area contributed by atoms with Gasteiger partial charge in [0.15, 0.2) is 5.82 Å². The van der Waals surface area contributed by atoms with Crippen LogP contribution in [0.25, 0.3) is 11.6 Å². The Kier molecular flexibility index (Phi) is 9.55. The van der Waals surface area contributed by atoms with Crippen LogP contribution in [0.4, 0.5) is 11.8 Å². The number of aliphatic hydroxyl groups is 2. The lowest BCUT2D eigenvalue weighted by molar-refractivity contribution is -0.113. The zero-order valence-corrected chi connectivity index (χ0v) is 23.8. The molecule has 0 fully saturated rings. The average molecular weight is 585 g/mol. The van der Waals surface area contributed by atoms with Gasteiger partial charge in [0.1, 0.15) is 10.9 Å². The van der Waals surface area contributed by atoms with Crippen LogP contribution in [-0.4, -0.2) is 93.4 Å². The second kappa shape index (κ2) is 13.1. The van der Waals surface area contributed by atoms with E-state index in [4.69, 9.17) is 32.3 Å². The number of amides is 2. The number of halogens is 1. The monoisotopic (exact) mass is 584 g/mol. The predicted octanol–water partition coefficient (Wildman–Crippen LogP) is 1.16. The number of ether oxygens (including phenoxy) is 1. The summed E-state index contributed by atoms with van der Waals surface area (Å²) in [6.07, 6.45) is 4.80. The van der Waals surface area contributed by atoms with Gasteiger partial charge in [0.25, 0.3) is 11.8 Å². The third-order valence-electron chi connectivity index (χ3n) is 6.73. The summed E-state index contributed by atoms with van der Waals surface area (Å²) in [5.74, 6) is 0.178. The summed E-state index contributed by atoms with van der Waals surface area (Å²) in [6.45, 7) is 5.37. The molecule has 0 aromatic carbocycles. The molecule has 0 bridgehead atoms. The highest BCUT2D eigenvalue weighted by atomic mass is 35.5. The zero-order valence-electron chi connectivity index (χ0n) is 23.1. The van der Waals surface area contributed by atoms with Crippen molar-refractivity contribution in [1.29, 1.82) is 0 Å². The SMILES string of the molecule is COc1c(C)cnc(CN2C(=O)/C(=C\c3cc(C(=O)NCCN(CCO)CCO)c[nH]3)c3c(Cl)nc(N)nc32)c1C. The molecule has 41 heavy (non-hydrogen) atoms. The molecular weight excluding hydrogens is 552 g/mol. The van der Waals surface area contributed by atoms with Crippen LogP contribution in [0.2, 0.25) is 5.15 Å². The van der Waals surface area contributed by atoms with Crippen molar-refractivity contribution in [2.24, 2.45) is 0 Å². The van der Waals surface area contributed by atoms with Crippen LogP contribution in [0.15, 0.2) is 18.5 Å². The van der Waals surface area contributed by atoms with Crippen LogP contribution in [0, 0.1) is 13.8 Å². The third kappa shape index (κ3) is 6.49. The highest BCUT2D eigenvalue weighted by Gasteiger charge is 2.37. The van der Waals surface area contributed by atoms with Gasteiger partial charge in [0.05, 0.1) is 49.3 Å². The van der Waals surface area contributed by atoms with E-state index in [1.165, 1.54) is 11.1 Å². The molecule has 13 nitrogen and oxygen atoms in total. The molecule has 3 aromatic rings. The minimum absolute atomic E-state index is 0.0283. The first kappa shape index (κ1) is 29.9. The summed E-state index contributed by atoms with van der Waals surface area (Å²) >= 11 is 6.46. The molecule has 218 valence electrons. The Morgan fingerprint density at radius 3 is 2.66 bits per heavy atom. The summed E-state index contributed by atoms with van der Waals surface area (Å²) in [4.78, 5) is 45.6. The number of nitrogens with zero attached hydrogens (tertiary/aromatic N) is 5. The number of pyridine rings is 1. The first-order valence-electron chi connectivity index (χ1n) is 12.9. The van der Waals surface area contributed by atoms with Gasteiger partial charge in [-0.1, -0.05) is 11.6 Å². The number of aryl methyl sites for hydroxylation is 1. The largest absolute Gasteiger partial charge is 0.496 e. The van der Waals surface area contributed by atoms with Gasteiger partial charge >= 0.3 is 0 Å². The highest BCUT2D eigenvalue weighted by molar-refractivity contribution is 6.41. The fourth-order valence-electron chi connectivity index (χ4n) is 4.70. The number of fused-ring (bicyclic) bond motifs is 1. The third-order valence-corrected chi connectivity index (χ3v) is 7.01. The normalized spacial score (nSPS) is 13.8. The maximum Gasteiger partial charge on any atom is 0.260 e. The van der Waals surface area contributed by atoms with Gasteiger partial charge in [-0.3, -0.25) is 24.4 Å². The Hall–Kier alpha value is -4.04. The van der Waals surface area contributed by atoms with Gasteiger partial charge in [-0.15, -0.1) is 0 Å². The number of carbonyl (C=O) groups excluding carboxylic acids is 2. The molecule has 4 heterocycles. The van der Waals surface area contributed by atoms with Crippen molar-refractivity contribution >= 4 is 46.8 Å². The van der Waals surface area contributed by atoms with Crippen molar-refractivity contribution in [1.82, 2.24) is 30.2 Å². The number of rotatable bonds is 12. The summed E-state index contributed by atoms with van der Waals surface area (Å²) < 4.78 is 5.51. The van der Waals surface area contributed by atoms with Crippen molar-refractivity contribution in [3.63, 3.8) is 0 Å². The smallest absolute Gasteiger partial charge is 0.260 e. The van der Waals surface area contributed by atoms with Gasteiger partial charge in [0.2, 0.25) is 5.95 Å². The van der Waals surface area contributed by atoms with Crippen LogP contribution in [0.5, 0.6) is 5.75 Å². The number of hydrogen-bond acceptors (Lipinski definition) is 10. The summed E-state index contributed by atoms with van der Waals surface area (Å²) in [7, 11) is 1.58. The Labute approximate surface area is 242 Å². The van der Waals surface area contributed by atoms with E-state index >= 15 is 0 Å². The van der Waals surface area contributed by atoms with Crippen LogP contribution >= 0.6 is 11.6 Å². The molecule has 14 heteroatoms. The van der Waals surface area contributed by atoms with E-state index in [-0.39, 0.29) is 54.1 Å². The minimum Gasteiger partial charge on any atom is -0.496 e. The first-order chi connectivity index (χ1) is 19.7. The van der Waals surface area contributed by atoms with Gasteiger partial charge in [-0.05, 0) is 26.0 Å². The lowest BCUT2D eigenvalue weighted by Gasteiger charge is -2.19. The second-order valence-corrected chi connectivity index (χ2v) is 9.81. The zero-order chi connectivity index (χ0) is 29.7. The fourth-order valence-corrected chi connectivity index (χ4v) is 4.98. The van der Waals surface area contributed by atoms with Crippen LogP contribution in [-0.2, 0) is 11.3 Å². The molecule has 2 amide bonds. The standard InChI is InChI=1S/C27H33ClN8O5/c1-15-12-32-20(16(2)22(15)41-3)14-36-24-21(23(28)33-27(29)34-24)19(26(36)40)11-18-10-17(13-31-18)25(39)30-4-5-35(6-8-37)7-9-38/h10-13,31,37-38H,4-9,14H2,1-3H3,(H,30,39)(H2,29,33,34)/b19-11-. The molecule has 0 spiro atoms. The molecule has 1 aliphatic rings. The number of H-pyrrole nitrogens is 1. The van der Waals surface area contributed by atoms with Gasteiger partial charge in [-0.2, -0.15) is 4.98 Å². The first-order valence-corrected chi connectivity index (χ1v) is 13.3. The topological polar surface area (TPSA) is 183 Å². The minimum atomic E-state index is -0.379. The Morgan fingerprint density at radius 2 is 1.98 bits per heavy atom. The maximum atomic E-state index is 13.7. The van der Waals surface area contributed by atoms with E-state index in [1.807, 2.05) is 18.7 Å². The number of aromatic amines is 1. The van der Waals surface area contributed by atoms with E-state index in [0.717, 1.165) is 11.1 Å². The van der Waals surface area contributed by atoms with E-state index in [0.29, 0.717) is 54.4 Å². The van der Waals surface area contributed by atoms with Crippen LogP contribution < -0.4 is 20.7 Å². The van der Waals surface area contributed by atoms with E-state index < -0.39 is 0 Å². The number of nitrogens with one attached hydrogen (secondary N) is 2. The lowest BCUT2D eigenvalue weighted by atomic mass is 10.1. The Bertz CT molecular complexity index is 1470. The van der Waals surface area contributed by atoms with Gasteiger partial charge < -0.3 is 31.0 Å². The summed E-state index contributed by atoms with van der Waals surface area (Å²) in [5, 5.41) is 21.1. The number of nitrogens with two attached hydrogens (primary N) is 1. The quantitative estimate of drug-likeness (QED) is 0.153. The van der Waals surface area contributed by atoms with Crippen LogP contribution in [0.1, 0.15) is 38.4 Å². The molecule has 6 N–H and O–H groups in total. The van der Waals surface area contributed by atoms with Crippen molar-refractivity contribution in [3.05, 3.63) is 57.3 Å². The molecular formula is C27H33ClN8O5. The molecule has 0 saturated carbocycles. The molecule has 0 unspecified atom stereocenters. The molecule has 3 aromatic heterocycles. The molecule has 1 aliphatic heterocycles. The van der Waals surface area contributed by atoms with Crippen molar-refractivity contribution in [2.75, 3.05) is 57.1 Å². The number of aliphatic hydroxyl groups excluding tert-OH is 2. The molecule has 0 aliphatic carbocycles. The maximum absolute atomic E-state index is 13.7. The average Bonchev–Trinajstić information content (AvgIpc) is 3.50. The highest BCUT2D eigenvalue weighted by Crippen LogP contribution is 2.41. The summed E-state index contributed by atoms with van der Waals surface area (Å²) in [5.41, 5.74) is 9.59. The second-order valence-electron chi connectivity index (χ2n) is 9.46. The summed E-state index contributed by atoms with van der Waals surface area (Å²) in [6, 6.07) is 1.61. The molecule has 0 radical (unpaired) electrons. The molecule has 0 saturated heterocycles.